The number of rotatable bonds is 1. The van der Waals surface area contributed by atoms with Gasteiger partial charge in [-0.2, -0.15) is 0 Å². The third-order valence-electron chi connectivity index (χ3n) is 2.42. The molecule has 1 aliphatic heterocycles. The highest BCUT2D eigenvalue weighted by atomic mass is 16.6. The van der Waals surface area contributed by atoms with Gasteiger partial charge in [0, 0.05) is 6.54 Å². The molecule has 1 atom stereocenters. The van der Waals surface area contributed by atoms with Crippen LogP contribution in [0.4, 0.5) is 0 Å². The lowest BCUT2D eigenvalue weighted by atomic mass is 10.2. The minimum absolute atomic E-state index is 0.103. The van der Waals surface area contributed by atoms with E-state index < -0.39 is 17.5 Å². The highest BCUT2D eigenvalue weighted by Gasteiger charge is 2.34. The van der Waals surface area contributed by atoms with Crippen LogP contribution in [0.2, 0.25) is 0 Å². The largest absolute Gasteiger partial charge is 0.453 e. The number of likely N-dealkylation sites (tertiary alicyclic amines) is 1. The van der Waals surface area contributed by atoms with E-state index in [0.717, 1.165) is 12.8 Å². The number of hydrogen-bond donors (Lipinski definition) is 1. The zero-order chi connectivity index (χ0) is 12.3. The predicted octanol–water partition coefficient (Wildman–Crippen LogP) is 0.311. The number of hydrogen-bond acceptors (Lipinski definition) is 4. The van der Waals surface area contributed by atoms with Gasteiger partial charge >= 0.3 is 11.9 Å². The van der Waals surface area contributed by atoms with Crippen molar-refractivity contribution in [3.8, 4) is 0 Å². The van der Waals surface area contributed by atoms with E-state index in [1.807, 2.05) is 0 Å². The standard InChI is InChI=1S/C11H19NO4/c1-11(2,3)16-10(15)9(14)12-6-4-5-8(12)7-13/h8,13H,4-7H2,1-3H3. The van der Waals surface area contributed by atoms with Gasteiger partial charge in [0.25, 0.3) is 0 Å². The first-order chi connectivity index (χ1) is 7.35. The fraction of sp³-hybridized carbons (Fsp3) is 0.818. The van der Waals surface area contributed by atoms with Crippen LogP contribution >= 0.6 is 0 Å². The minimum atomic E-state index is -0.840. The summed E-state index contributed by atoms with van der Waals surface area (Å²) >= 11 is 0. The molecule has 0 aromatic heterocycles. The van der Waals surface area contributed by atoms with E-state index in [4.69, 9.17) is 9.84 Å². The van der Waals surface area contributed by atoms with Crippen LogP contribution in [0.5, 0.6) is 0 Å². The van der Waals surface area contributed by atoms with Crippen LogP contribution in [0.25, 0.3) is 0 Å². The van der Waals surface area contributed by atoms with Crippen LogP contribution in [0.15, 0.2) is 0 Å². The molecule has 1 aliphatic rings. The van der Waals surface area contributed by atoms with Gasteiger partial charge in [-0.05, 0) is 33.6 Å². The third-order valence-corrected chi connectivity index (χ3v) is 2.42. The Morgan fingerprint density at radius 3 is 2.56 bits per heavy atom. The van der Waals surface area contributed by atoms with Crippen molar-refractivity contribution in [2.45, 2.75) is 45.3 Å². The molecule has 0 bridgehead atoms. The Balaban J connectivity index is 2.60. The van der Waals surface area contributed by atoms with E-state index in [9.17, 15) is 9.59 Å². The summed E-state index contributed by atoms with van der Waals surface area (Å²) in [5.74, 6) is -1.49. The molecule has 92 valence electrons. The second-order valence-corrected chi connectivity index (χ2v) is 4.98. The summed E-state index contributed by atoms with van der Waals surface area (Å²) < 4.78 is 4.99. The average molecular weight is 229 g/mol. The van der Waals surface area contributed by atoms with E-state index in [0.29, 0.717) is 6.54 Å². The first-order valence-corrected chi connectivity index (χ1v) is 5.50. The highest BCUT2D eigenvalue weighted by molar-refractivity contribution is 6.32. The van der Waals surface area contributed by atoms with Gasteiger partial charge in [0.2, 0.25) is 0 Å². The van der Waals surface area contributed by atoms with Crippen molar-refractivity contribution in [1.82, 2.24) is 4.90 Å². The zero-order valence-electron chi connectivity index (χ0n) is 10.0. The Labute approximate surface area is 95.4 Å². The first-order valence-electron chi connectivity index (χ1n) is 5.50. The van der Waals surface area contributed by atoms with Gasteiger partial charge in [0.05, 0.1) is 12.6 Å². The lowest BCUT2D eigenvalue weighted by Crippen LogP contribution is -2.44. The van der Waals surface area contributed by atoms with Crippen molar-refractivity contribution < 1.29 is 19.4 Å². The molecule has 0 aliphatic carbocycles. The molecule has 1 rings (SSSR count). The summed E-state index contributed by atoms with van der Waals surface area (Å²) in [7, 11) is 0. The Hall–Kier alpha value is -1.10. The fourth-order valence-electron chi connectivity index (χ4n) is 1.73. The molecule has 1 amide bonds. The molecular weight excluding hydrogens is 210 g/mol. The van der Waals surface area contributed by atoms with Gasteiger partial charge in [-0.1, -0.05) is 0 Å². The molecule has 5 nitrogen and oxygen atoms in total. The van der Waals surface area contributed by atoms with Crippen molar-refractivity contribution in [3.63, 3.8) is 0 Å². The molecule has 1 saturated heterocycles. The molecule has 1 unspecified atom stereocenters. The highest BCUT2D eigenvalue weighted by Crippen LogP contribution is 2.18. The van der Waals surface area contributed by atoms with Gasteiger partial charge in [0.15, 0.2) is 0 Å². The Morgan fingerprint density at radius 1 is 1.44 bits per heavy atom. The lowest BCUT2D eigenvalue weighted by Gasteiger charge is -2.24. The van der Waals surface area contributed by atoms with E-state index in [-0.39, 0.29) is 12.6 Å². The van der Waals surface area contributed by atoms with Crippen LogP contribution < -0.4 is 0 Å². The van der Waals surface area contributed by atoms with Gasteiger partial charge < -0.3 is 14.7 Å². The van der Waals surface area contributed by atoms with Crippen LogP contribution in [0, 0.1) is 0 Å². The quantitative estimate of drug-likeness (QED) is 0.519. The molecule has 1 fully saturated rings. The smallest absolute Gasteiger partial charge is 0.397 e. The molecule has 16 heavy (non-hydrogen) atoms. The van der Waals surface area contributed by atoms with Crippen molar-refractivity contribution in [2.75, 3.05) is 13.2 Å². The lowest BCUT2D eigenvalue weighted by molar-refractivity contribution is -0.168. The Morgan fingerprint density at radius 2 is 2.06 bits per heavy atom. The number of ether oxygens (including phenoxy) is 1. The number of carbonyl (C=O) groups excluding carboxylic acids is 2. The molecule has 0 aromatic carbocycles. The monoisotopic (exact) mass is 229 g/mol. The molecule has 1 heterocycles. The van der Waals surface area contributed by atoms with Gasteiger partial charge in [-0.25, -0.2) is 4.79 Å². The zero-order valence-corrected chi connectivity index (χ0v) is 10.0. The van der Waals surface area contributed by atoms with E-state index in [1.165, 1.54) is 4.90 Å². The van der Waals surface area contributed by atoms with Crippen LogP contribution in [0.1, 0.15) is 33.6 Å². The van der Waals surface area contributed by atoms with Gasteiger partial charge in [-0.3, -0.25) is 4.79 Å². The van der Waals surface area contributed by atoms with Crippen LogP contribution in [-0.2, 0) is 14.3 Å². The summed E-state index contributed by atoms with van der Waals surface area (Å²) in [5, 5.41) is 9.05. The predicted molar refractivity (Wildman–Crippen MR) is 57.7 cm³/mol. The molecule has 0 saturated carbocycles. The summed E-state index contributed by atoms with van der Waals surface area (Å²) in [4.78, 5) is 24.6. The molecule has 5 heteroatoms. The van der Waals surface area contributed by atoms with Gasteiger partial charge in [-0.15, -0.1) is 0 Å². The first kappa shape index (κ1) is 13.0. The number of nitrogens with zero attached hydrogens (tertiary/aromatic N) is 1. The molecule has 1 N–H and O–H groups in total. The topological polar surface area (TPSA) is 66.8 Å². The second-order valence-electron chi connectivity index (χ2n) is 4.98. The van der Waals surface area contributed by atoms with Crippen LogP contribution in [-0.4, -0.2) is 46.7 Å². The average Bonchev–Trinajstić information content (AvgIpc) is 2.61. The maximum Gasteiger partial charge on any atom is 0.397 e. The SMILES string of the molecule is CC(C)(C)OC(=O)C(=O)N1CCCC1CO. The summed E-state index contributed by atoms with van der Waals surface area (Å²) in [6.07, 6.45) is 1.56. The van der Waals surface area contributed by atoms with Crippen molar-refractivity contribution in [3.05, 3.63) is 0 Å². The number of aliphatic hydroxyl groups excluding tert-OH is 1. The fourth-order valence-corrected chi connectivity index (χ4v) is 1.73. The molecule has 0 radical (unpaired) electrons. The van der Waals surface area contributed by atoms with Crippen molar-refractivity contribution in [1.29, 1.82) is 0 Å². The van der Waals surface area contributed by atoms with Crippen molar-refractivity contribution >= 4 is 11.9 Å². The third kappa shape index (κ3) is 3.20. The Bertz CT molecular complexity index is 282. The van der Waals surface area contributed by atoms with E-state index in [1.54, 1.807) is 20.8 Å². The number of esters is 1. The summed E-state index contributed by atoms with van der Waals surface area (Å²) in [6, 6.07) is -0.236. The number of carbonyl (C=O) groups is 2. The van der Waals surface area contributed by atoms with E-state index in [2.05, 4.69) is 0 Å². The maximum atomic E-state index is 11.7. The summed E-state index contributed by atoms with van der Waals surface area (Å²) in [5.41, 5.74) is -0.665. The maximum absolute atomic E-state index is 11.7. The molecule has 0 spiro atoms. The van der Waals surface area contributed by atoms with Crippen molar-refractivity contribution in [2.24, 2.45) is 0 Å². The minimum Gasteiger partial charge on any atom is -0.453 e. The van der Waals surface area contributed by atoms with Crippen LogP contribution in [0.3, 0.4) is 0 Å². The molecular formula is C11H19NO4. The molecule has 0 aromatic rings. The normalized spacial score (nSPS) is 21.0. The Kier molecular flexibility index (Phi) is 3.91. The van der Waals surface area contributed by atoms with E-state index >= 15 is 0 Å². The number of amides is 1. The second kappa shape index (κ2) is 4.82. The number of aliphatic hydroxyl groups is 1. The summed E-state index contributed by atoms with van der Waals surface area (Å²) in [6.45, 7) is 5.56. The van der Waals surface area contributed by atoms with Gasteiger partial charge in [0.1, 0.15) is 5.60 Å².